The third kappa shape index (κ3) is 3.10. The molecule has 0 aromatic heterocycles. The maximum absolute atomic E-state index is 12.2. The first-order chi connectivity index (χ1) is 11.1. The molecule has 2 atom stereocenters. The van der Waals surface area contributed by atoms with E-state index in [-0.39, 0.29) is 31.1 Å². The van der Waals surface area contributed by atoms with Gasteiger partial charge in [0.25, 0.3) is 5.91 Å². The van der Waals surface area contributed by atoms with Gasteiger partial charge in [-0.2, -0.15) is 0 Å². The summed E-state index contributed by atoms with van der Waals surface area (Å²) in [5.74, 6) is 1.09. The first kappa shape index (κ1) is 15.6. The smallest absolute Gasteiger partial charge is 0.327 e. The van der Waals surface area contributed by atoms with Crippen LogP contribution in [0.25, 0.3) is 0 Å². The van der Waals surface area contributed by atoms with Gasteiger partial charge in [0.15, 0.2) is 0 Å². The second kappa shape index (κ2) is 6.45. The van der Waals surface area contributed by atoms with Gasteiger partial charge in [-0.05, 0) is 37.1 Å². The van der Waals surface area contributed by atoms with Gasteiger partial charge in [0.1, 0.15) is 30.3 Å². The SMILES string of the molecule is COc1ccc(OCC(O)CN2C(=O)C3CCCN3C2=O)cc1. The highest BCUT2D eigenvalue weighted by Gasteiger charge is 2.47. The minimum absolute atomic E-state index is 0.00799. The summed E-state index contributed by atoms with van der Waals surface area (Å²) in [4.78, 5) is 27.0. The topological polar surface area (TPSA) is 79.3 Å². The van der Waals surface area contributed by atoms with E-state index < -0.39 is 6.10 Å². The highest BCUT2D eigenvalue weighted by Crippen LogP contribution is 2.27. The lowest BCUT2D eigenvalue weighted by Gasteiger charge is -2.19. The summed E-state index contributed by atoms with van der Waals surface area (Å²) in [7, 11) is 1.58. The maximum atomic E-state index is 12.2. The predicted molar refractivity (Wildman–Crippen MR) is 81.3 cm³/mol. The van der Waals surface area contributed by atoms with E-state index in [0.29, 0.717) is 24.5 Å². The average molecular weight is 320 g/mol. The number of nitrogens with zero attached hydrogens (tertiary/aromatic N) is 2. The quantitative estimate of drug-likeness (QED) is 0.787. The van der Waals surface area contributed by atoms with Gasteiger partial charge in [-0.15, -0.1) is 0 Å². The zero-order valence-corrected chi connectivity index (χ0v) is 13.0. The van der Waals surface area contributed by atoms with Crippen molar-refractivity contribution in [3.05, 3.63) is 24.3 Å². The molecule has 0 saturated carbocycles. The van der Waals surface area contributed by atoms with Crippen LogP contribution >= 0.6 is 0 Å². The molecule has 0 spiro atoms. The first-order valence-electron chi connectivity index (χ1n) is 7.67. The number of hydrogen-bond acceptors (Lipinski definition) is 5. The number of ether oxygens (including phenoxy) is 2. The molecule has 0 radical (unpaired) electrons. The predicted octanol–water partition coefficient (Wildman–Crippen LogP) is 0.861. The van der Waals surface area contributed by atoms with E-state index in [1.807, 2.05) is 0 Å². The second-order valence-electron chi connectivity index (χ2n) is 5.72. The molecular formula is C16H20N2O5. The van der Waals surface area contributed by atoms with Crippen molar-refractivity contribution in [3.8, 4) is 11.5 Å². The van der Waals surface area contributed by atoms with Crippen LogP contribution in [0.1, 0.15) is 12.8 Å². The van der Waals surface area contributed by atoms with Gasteiger partial charge in [-0.1, -0.05) is 0 Å². The van der Waals surface area contributed by atoms with E-state index in [1.165, 1.54) is 0 Å². The van der Waals surface area contributed by atoms with E-state index >= 15 is 0 Å². The molecule has 7 nitrogen and oxygen atoms in total. The molecule has 2 unspecified atom stereocenters. The van der Waals surface area contributed by atoms with Crippen LogP contribution in [0.15, 0.2) is 24.3 Å². The van der Waals surface area contributed by atoms with E-state index in [1.54, 1.807) is 36.3 Å². The van der Waals surface area contributed by atoms with Gasteiger partial charge in [0, 0.05) is 6.54 Å². The minimum atomic E-state index is -0.926. The van der Waals surface area contributed by atoms with Crippen molar-refractivity contribution < 1.29 is 24.2 Å². The van der Waals surface area contributed by atoms with E-state index in [9.17, 15) is 14.7 Å². The molecule has 3 amide bonds. The summed E-state index contributed by atoms with van der Waals surface area (Å²) in [6.07, 6.45) is 0.642. The van der Waals surface area contributed by atoms with Gasteiger partial charge in [-0.25, -0.2) is 4.79 Å². The molecule has 1 aromatic rings. The molecule has 124 valence electrons. The molecule has 2 saturated heterocycles. The normalized spacial score (nSPS) is 21.6. The van der Waals surface area contributed by atoms with Crippen LogP contribution in [0.5, 0.6) is 11.5 Å². The van der Waals surface area contributed by atoms with Crippen LogP contribution in [0.3, 0.4) is 0 Å². The van der Waals surface area contributed by atoms with Crippen LogP contribution in [0, 0.1) is 0 Å². The van der Waals surface area contributed by atoms with Gasteiger partial charge in [0.05, 0.1) is 13.7 Å². The molecule has 0 aliphatic carbocycles. The lowest BCUT2D eigenvalue weighted by molar-refractivity contribution is -0.129. The Labute approximate surface area is 134 Å². The number of carbonyl (C=O) groups excluding carboxylic acids is 2. The van der Waals surface area contributed by atoms with Crippen LogP contribution in [-0.4, -0.2) is 65.8 Å². The summed E-state index contributed by atoms with van der Waals surface area (Å²) < 4.78 is 10.5. The number of imide groups is 1. The van der Waals surface area contributed by atoms with Crippen molar-refractivity contribution in [1.82, 2.24) is 9.80 Å². The standard InChI is InChI=1S/C16H20N2O5/c1-22-12-4-6-13(7-5-12)23-10-11(19)9-18-15(20)14-3-2-8-17(14)16(18)21/h4-7,11,14,19H,2-3,8-10H2,1H3. The maximum Gasteiger partial charge on any atom is 0.327 e. The molecule has 3 rings (SSSR count). The molecule has 1 aromatic carbocycles. The number of hydrogen-bond donors (Lipinski definition) is 1. The van der Waals surface area contributed by atoms with Crippen molar-refractivity contribution in [1.29, 1.82) is 0 Å². The molecule has 1 N–H and O–H groups in total. The Bertz CT molecular complexity index is 567. The molecular weight excluding hydrogens is 300 g/mol. The fraction of sp³-hybridized carbons (Fsp3) is 0.500. The van der Waals surface area contributed by atoms with Crippen LogP contribution in [0.4, 0.5) is 4.79 Å². The number of β-amino-alcohol motifs (C(OH)–C–C–N with tert-alkyl or cyclic N) is 1. The second-order valence-corrected chi connectivity index (χ2v) is 5.72. The highest BCUT2D eigenvalue weighted by molar-refractivity contribution is 6.04. The van der Waals surface area contributed by atoms with Gasteiger partial charge < -0.3 is 19.5 Å². The van der Waals surface area contributed by atoms with Gasteiger partial charge in [-0.3, -0.25) is 9.69 Å². The summed E-state index contributed by atoms with van der Waals surface area (Å²) in [6, 6.07) is 6.33. The van der Waals surface area contributed by atoms with Crippen LogP contribution in [-0.2, 0) is 4.79 Å². The Kier molecular flexibility index (Phi) is 4.38. The number of methoxy groups -OCH3 is 1. The van der Waals surface area contributed by atoms with Crippen molar-refractivity contribution in [2.75, 3.05) is 26.8 Å². The Hall–Kier alpha value is -2.28. The summed E-state index contributed by atoms with van der Waals surface area (Å²) in [5.41, 5.74) is 0. The Balaban J connectivity index is 1.52. The fourth-order valence-corrected chi connectivity index (χ4v) is 2.98. The first-order valence-corrected chi connectivity index (χ1v) is 7.67. The van der Waals surface area contributed by atoms with E-state index in [2.05, 4.69) is 0 Å². The molecule has 7 heteroatoms. The van der Waals surface area contributed by atoms with Gasteiger partial charge >= 0.3 is 6.03 Å². The minimum Gasteiger partial charge on any atom is -0.497 e. The number of benzene rings is 1. The van der Waals surface area contributed by atoms with Gasteiger partial charge in [0.2, 0.25) is 0 Å². The van der Waals surface area contributed by atoms with Crippen molar-refractivity contribution in [3.63, 3.8) is 0 Å². The number of aliphatic hydroxyl groups excluding tert-OH is 1. The van der Waals surface area contributed by atoms with Crippen LogP contribution in [0.2, 0.25) is 0 Å². The summed E-state index contributed by atoms with van der Waals surface area (Å²) in [5, 5.41) is 10.1. The zero-order valence-electron chi connectivity index (χ0n) is 13.0. The number of rotatable bonds is 6. The van der Waals surface area contributed by atoms with Crippen molar-refractivity contribution >= 4 is 11.9 Å². The molecule has 2 aliphatic heterocycles. The number of urea groups is 1. The van der Waals surface area contributed by atoms with E-state index in [0.717, 1.165) is 11.3 Å². The average Bonchev–Trinajstić information content (AvgIpc) is 3.13. The molecule has 0 bridgehead atoms. The highest BCUT2D eigenvalue weighted by atomic mass is 16.5. The monoisotopic (exact) mass is 320 g/mol. The summed E-state index contributed by atoms with van der Waals surface area (Å²) in [6.45, 7) is 0.582. The van der Waals surface area contributed by atoms with Crippen molar-refractivity contribution in [2.45, 2.75) is 25.0 Å². The summed E-state index contributed by atoms with van der Waals surface area (Å²) >= 11 is 0. The zero-order chi connectivity index (χ0) is 16.4. The number of fused-ring (bicyclic) bond motifs is 1. The Morgan fingerprint density at radius 2 is 1.96 bits per heavy atom. The number of carbonyl (C=O) groups is 2. The molecule has 23 heavy (non-hydrogen) atoms. The molecule has 2 heterocycles. The number of aliphatic hydroxyl groups is 1. The Morgan fingerprint density at radius 3 is 2.61 bits per heavy atom. The van der Waals surface area contributed by atoms with Crippen molar-refractivity contribution in [2.24, 2.45) is 0 Å². The lowest BCUT2D eigenvalue weighted by Crippen LogP contribution is -2.41. The number of amides is 3. The lowest BCUT2D eigenvalue weighted by atomic mass is 10.2. The third-order valence-electron chi connectivity index (χ3n) is 4.18. The van der Waals surface area contributed by atoms with E-state index in [4.69, 9.17) is 9.47 Å². The third-order valence-corrected chi connectivity index (χ3v) is 4.18. The molecule has 2 aliphatic rings. The fourth-order valence-electron chi connectivity index (χ4n) is 2.98. The molecule has 2 fully saturated rings. The Morgan fingerprint density at radius 1 is 1.26 bits per heavy atom. The largest absolute Gasteiger partial charge is 0.497 e. The van der Waals surface area contributed by atoms with Crippen LogP contribution < -0.4 is 9.47 Å².